The van der Waals surface area contributed by atoms with Crippen LogP contribution in [0, 0.1) is 0 Å². The second-order valence-electron chi connectivity index (χ2n) is 4.53. The Kier molecular flexibility index (Phi) is 3.66. The Morgan fingerprint density at radius 3 is 2.84 bits per heavy atom. The van der Waals surface area contributed by atoms with E-state index in [1.165, 1.54) is 4.90 Å². The number of hydrogen-bond acceptors (Lipinski definition) is 3. The highest BCUT2D eigenvalue weighted by molar-refractivity contribution is 6.01. The smallest absolute Gasteiger partial charge is 0.312 e. The minimum absolute atomic E-state index is 0.137. The maximum Gasteiger partial charge on any atom is 0.312 e. The summed E-state index contributed by atoms with van der Waals surface area (Å²) >= 11 is 0. The van der Waals surface area contributed by atoms with Gasteiger partial charge in [0, 0.05) is 12.2 Å². The van der Waals surface area contributed by atoms with E-state index < -0.39 is 17.9 Å². The topological polar surface area (TPSA) is 83.6 Å². The van der Waals surface area contributed by atoms with Crippen LogP contribution in [-0.4, -0.2) is 29.6 Å². The van der Waals surface area contributed by atoms with Crippen LogP contribution in [0.5, 0.6) is 0 Å². The largest absolute Gasteiger partial charge is 0.481 e. The van der Waals surface area contributed by atoms with E-state index in [0.29, 0.717) is 17.7 Å². The van der Waals surface area contributed by atoms with Crippen molar-refractivity contribution in [2.45, 2.75) is 18.4 Å². The molecule has 3 N–H and O–H groups in total. The van der Waals surface area contributed by atoms with Crippen LogP contribution in [0.3, 0.4) is 0 Å². The number of carbonyl (C=O) groups is 2. The summed E-state index contributed by atoms with van der Waals surface area (Å²) in [6.07, 6.45) is 1.95. The molecule has 1 aromatic carbocycles. The number of anilines is 1. The molecule has 0 spiro atoms. The number of para-hydroxylation sites is 1. The number of benzene rings is 1. The standard InChI is InChI=1S/C14H16N2O3/c1-2-5-11(15)13(17)16-8-10(14(18)19)9-6-3-4-7-12(9)16/h2-4,6-7,10-11H,1,5,8,15H2,(H,18,19). The van der Waals surface area contributed by atoms with Gasteiger partial charge in [0.15, 0.2) is 0 Å². The molecule has 0 saturated carbocycles. The molecule has 2 rings (SSSR count). The van der Waals surface area contributed by atoms with Crippen molar-refractivity contribution >= 4 is 17.6 Å². The zero-order valence-corrected chi connectivity index (χ0v) is 10.5. The van der Waals surface area contributed by atoms with Crippen molar-refractivity contribution in [1.82, 2.24) is 0 Å². The molecule has 0 aromatic heterocycles. The van der Waals surface area contributed by atoms with E-state index in [2.05, 4.69) is 6.58 Å². The second kappa shape index (κ2) is 5.24. The molecule has 1 aliphatic heterocycles. The number of carbonyl (C=O) groups excluding carboxylic acids is 1. The molecule has 0 fully saturated rings. The SMILES string of the molecule is C=CCC(N)C(=O)N1CC(C(=O)O)c2ccccc21. The lowest BCUT2D eigenvalue weighted by Crippen LogP contribution is -2.43. The van der Waals surface area contributed by atoms with Gasteiger partial charge in [-0.25, -0.2) is 0 Å². The van der Waals surface area contributed by atoms with Crippen LogP contribution in [0.1, 0.15) is 17.9 Å². The van der Waals surface area contributed by atoms with Crippen LogP contribution in [0.15, 0.2) is 36.9 Å². The summed E-state index contributed by atoms with van der Waals surface area (Å²) in [5.74, 6) is -1.88. The third-order valence-corrected chi connectivity index (χ3v) is 3.27. The predicted molar refractivity (Wildman–Crippen MR) is 72.0 cm³/mol. The molecular formula is C14H16N2O3. The van der Waals surface area contributed by atoms with Gasteiger partial charge in [-0.15, -0.1) is 6.58 Å². The lowest BCUT2D eigenvalue weighted by Gasteiger charge is -2.21. The van der Waals surface area contributed by atoms with Gasteiger partial charge in [-0.1, -0.05) is 24.3 Å². The van der Waals surface area contributed by atoms with Crippen LogP contribution < -0.4 is 10.6 Å². The first kappa shape index (κ1) is 13.3. The van der Waals surface area contributed by atoms with Gasteiger partial charge in [-0.2, -0.15) is 0 Å². The van der Waals surface area contributed by atoms with Gasteiger partial charge in [0.25, 0.3) is 0 Å². The average Bonchev–Trinajstić information content (AvgIpc) is 2.78. The maximum atomic E-state index is 12.2. The van der Waals surface area contributed by atoms with E-state index in [1.807, 2.05) is 0 Å². The number of fused-ring (bicyclic) bond motifs is 1. The Morgan fingerprint density at radius 1 is 1.53 bits per heavy atom. The van der Waals surface area contributed by atoms with Crippen molar-refractivity contribution in [3.63, 3.8) is 0 Å². The Labute approximate surface area is 111 Å². The lowest BCUT2D eigenvalue weighted by atomic mass is 10.0. The molecule has 0 radical (unpaired) electrons. The first-order valence-electron chi connectivity index (χ1n) is 6.05. The van der Waals surface area contributed by atoms with Crippen LogP contribution in [-0.2, 0) is 9.59 Å². The molecule has 0 aliphatic carbocycles. The predicted octanol–water partition coefficient (Wildman–Crippen LogP) is 1.10. The second-order valence-corrected chi connectivity index (χ2v) is 4.53. The third-order valence-electron chi connectivity index (χ3n) is 3.27. The highest BCUT2D eigenvalue weighted by atomic mass is 16.4. The molecule has 0 bridgehead atoms. The first-order chi connectivity index (χ1) is 9.06. The van der Waals surface area contributed by atoms with Crippen molar-refractivity contribution in [3.8, 4) is 0 Å². The normalized spacial score (nSPS) is 18.8. The number of nitrogens with two attached hydrogens (primary N) is 1. The third kappa shape index (κ3) is 2.37. The highest BCUT2D eigenvalue weighted by Gasteiger charge is 2.37. The zero-order valence-electron chi connectivity index (χ0n) is 10.5. The number of carboxylic acids is 1. The van der Waals surface area contributed by atoms with Crippen LogP contribution in [0.2, 0.25) is 0 Å². The van der Waals surface area contributed by atoms with Gasteiger partial charge in [0.05, 0.1) is 6.04 Å². The summed E-state index contributed by atoms with van der Waals surface area (Å²) in [5, 5.41) is 9.22. The monoisotopic (exact) mass is 260 g/mol. The number of carboxylic acid groups (broad SMARTS) is 1. The zero-order chi connectivity index (χ0) is 14.0. The average molecular weight is 260 g/mol. The van der Waals surface area contributed by atoms with E-state index in [1.54, 1.807) is 30.3 Å². The van der Waals surface area contributed by atoms with Gasteiger partial charge < -0.3 is 15.7 Å². The van der Waals surface area contributed by atoms with E-state index in [-0.39, 0.29) is 12.5 Å². The van der Waals surface area contributed by atoms with E-state index in [9.17, 15) is 14.7 Å². The number of nitrogens with zero attached hydrogens (tertiary/aromatic N) is 1. The summed E-state index contributed by atoms with van der Waals surface area (Å²) in [4.78, 5) is 24.9. The van der Waals surface area contributed by atoms with Crippen LogP contribution in [0.25, 0.3) is 0 Å². The number of rotatable bonds is 4. The lowest BCUT2D eigenvalue weighted by molar-refractivity contribution is -0.138. The van der Waals surface area contributed by atoms with Crippen molar-refractivity contribution in [2.75, 3.05) is 11.4 Å². The molecular weight excluding hydrogens is 244 g/mol. The van der Waals surface area contributed by atoms with E-state index >= 15 is 0 Å². The summed E-state index contributed by atoms with van der Waals surface area (Å²) < 4.78 is 0. The molecule has 2 unspecified atom stereocenters. The molecule has 0 saturated heterocycles. The van der Waals surface area contributed by atoms with E-state index in [0.717, 1.165) is 0 Å². The van der Waals surface area contributed by atoms with Crippen molar-refractivity contribution < 1.29 is 14.7 Å². The fourth-order valence-electron chi connectivity index (χ4n) is 2.31. The summed E-state index contributed by atoms with van der Waals surface area (Å²) in [6, 6.07) is 6.35. The number of aliphatic carboxylic acids is 1. The van der Waals surface area contributed by atoms with Gasteiger partial charge in [-0.05, 0) is 18.1 Å². The minimum atomic E-state index is -0.931. The molecule has 1 aliphatic rings. The molecule has 1 heterocycles. The van der Waals surface area contributed by atoms with E-state index in [4.69, 9.17) is 5.73 Å². The molecule has 1 aromatic rings. The maximum absolute atomic E-state index is 12.2. The minimum Gasteiger partial charge on any atom is -0.481 e. The van der Waals surface area contributed by atoms with Crippen molar-refractivity contribution in [3.05, 3.63) is 42.5 Å². The summed E-state index contributed by atoms with van der Waals surface area (Å²) in [6.45, 7) is 3.69. The van der Waals surface area contributed by atoms with Crippen molar-refractivity contribution in [1.29, 1.82) is 0 Å². The highest BCUT2D eigenvalue weighted by Crippen LogP contribution is 2.36. The Balaban J connectivity index is 2.32. The molecule has 1 amide bonds. The molecule has 19 heavy (non-hydrogen) atoms. The molecule has 100 valence electrons. The van der Waals surface area contributed by atoms with Gasteiger partial charge >= 0.3 is 5.97 Å². The number of amides is 1. The molecule has 5 heteroatoms. The van der Waals surface area contributed by atoms with Crippen LogP contribution >= 0.6 is 0 Å². The Bertz CT molecular complexity index is 527. The summed E-state index contributed by atoms with van der Waals surface area (Å²) in [5.41, 5.74) is 7.08. The van der Waals surface area contributed by atoms with Crippen LogP contribution in [0.4, 0.5) is 5.69 Å². The summed E-state index contributed by atoms with van der Waals surface area (Å²) in [7, 11) is 0. The quantitative estimate of drug-likeness (QED) is 0.794. The Hall–Kier alpha value is -2.14. The van der Waals surface area contributed by atoms with Gasteiger partial charge in [0.2, 0.25) is 5.91 Å². The fraction of sp³-hybridized carbons (Fsp3) is 0.286. The van der Waals surface area contributed by atoms with Crippen molar-refractivity contribution in [2.24, 2.45) is 5.73 Å². The first-order valence-corrected chi connectivity index (χ1v) is 6.05. The number of hydrogen-bond donors (Lipinski definition) is 2. The van der Waals surface area contributed by atoms with Gasteiger partial charge in [0.1, 0.15) is 5.92 Å². The van der Waals surface area contributed by atoms with Gasteiger partial charge in [-0.3, -0.25) is 9.59 Å². The molecule has 5 nitrogen and oxygen atoms in total. The Morgan fingerprint density at radius 2 is 2.21 bits per heavy atom. The fourth-order valence-corrected chi connectivity index (χ4v) is 2.31. The molecule has 2 atom stereocenters.